The Morgan fingerprint density at radius 3 is 2.48 bits per heavy atom. The predicted octanol–water partition coefficient (Wildman–Crippen LogP) is 4.48. The smallest absolute Gasteiger partial charge is 0.175 e. The average Bonchev–Trinajstić information content (AvgIpc) is 2.56. The van der Waals surface area contributed by atoms with Crippen LogP contribution in [0.5, 0.6) is 0 Å². The van der Waals surface area contributed by atoms with E-state index in [0.717, 1.165) is 10.5 Å². The molecule has 0 aromatic heterocycles. The largest absolute Gasteiger partial charge is 0.293 e. The van der Waals surface area contributed by atoms with Crippen molar-refractivity contribution >= 4 is 21.1 Å². The second-order valence-electron chi connectivity index (χ2n) is 5.10. The first kappa shape index (κ1) is 12.5. The van der Waals surface area contributed by atoms with Crippen LogP contribution in [-0.2, 0) is 0 Å². The van der Waals surface area contributed by atoms with Gasteiger partial charge in [0.05, 0.1) is 5.92 Å². The highest BCUT2D eigenvalue weighted by molar-refractivity contribution is 8.16. The molecule has 2 aromatic rings. The van der Waals surface area contributed by atoms with Crippen molar-refractivity contribution in [2.45, 2.75) is 9.79 Å². The second kappa shape index (κ2) is 4.97. The Balaban J connectivity index is 2.06. The fourth-order valence-corrected chi connectivity index (χ4v) is 5.36. The number of fused-ring (bicyclic) bond motifs is 2. The quantitative estimate of drug-likeness (QED) is 0.707. The molecule has 0 bridgehead atoms. The van der Waals surface area contributed by atoms with Crippen molar-refractivity contribution in [1.82, 2.24) is 0 Å². The molecule has 2 unspecified atom stereocenters. The lowest BCUT2D eigenvalue weighted by Gasteiger charge is -2.28. The summed E-state index contributed by atoms with van der Waals surface area (Å²) in [5, 5.41) is 0. The van der Waals surface area contributed by atoms with Gasteiger partial charge in [-0.25, -0.2) is 0 Å². The fraction of sp³-hybridized carbons (Fsp3) is 0.0526. The highest BCUT2D eigenvalue weighted by Crippen LogP contribution is 2.45. The van der Waals surface area contributed by atoms with E-state index in [4.69, 9.17) is 0 Å². The summed E-state index contributed by atoms with van der Waals surface area (Å²) in [6.45, 7) is 0. The highest BCUT2D eigenvalue weighted by Gasteiger charge is 2.32. The third-order valence-corrected chi connectivity index (χ3v) is 6.25. The molecule has 1 aliphatic carbocycles. The number of carbonyl (C=O) groups excluding carboxylic acids is 1. The van der Waals surface area contributed by atoms with Crippen molar-refractivity contribution < 1.29 is 4.79 Å². The molecule has 102 valence electrons. The minimum Gasteiger partial charge on any atom is -0.293 e. The lowest BCUT2D eigenvalue weighted by molar-refractivity contribution is 0.0969. The van der Waals surface area contributed by atoms with Gasteiger partial charge in [-0.05, 0) is 23.1 Å². The van der Waals surface area contributed by atoms with E-state index >= 15 is 0 Å². The molecule has 1 nitrogen and oxygen atoms in total. The third-order valence-electron chi connectivity index (χ3n) is 3.85. The molecule has 0 amide bonds. The summed E-state index contributed by atoms with van der Waals surface area (Å²) in [5.41, 5.74) is 0.874. The van der Waals surface area contributed by atoms with E-state index in [9.17, 15) is 4.79 Å². The molecule has 4 rings (SSSR count). The summed E-state index contributed by atoms with van der Waals surface area (Å²) >= 11 is 0. The van der Waals surface area contributed by atoms with Gasteiger partial charge in [0.15, 0.2) is 5.78 Å². The van der Waals surface area contributed by atoms with E-state index < -0.39 is 0 Å². The van der Waals surface area contributed by atoms with Gasteiger partial charge in [0.25, 0.3) is 0 Å². The molecule has 0 saturated carbocycles. The maximum atomic E-state index is 12.7. The second-order valence-corrected chi connectivity index (χ2v) is 7.10. The minimum atomic E-state index is -0.162. The first-order chi connectivity index (χ1) is 10.4. The van der Waals surface area contributed by atoms with Crippen LogP contribution in [0.2, 0.25) is 0 Å². The monoisotopic (exact) mass is 290 g/mol. The molecular weight excluding hydrogens is 276 g/mol. The predicted molar refractivity (Wildman–Crippen MR) is 88.1 cm³/mol. The normalized spacial score (nSPS) is 22.9. The van der Waals surface area contributed by atoms with Crippen LogP contribution in [0.4, 0.5) is 0 Å². The van der Waals surface area contributed by atoms with Crippen molar-refractivity contribution in [3.63, 3.8) is 0 Å². The van der Waals surface area contributed by atoms with Gasteiger partial charge >= 0.3 is 0 Å². The van der Waals surface area contributed by atoms with Gasteiger partial charge in [0.2, 0.25) is 0 Å². The Labute approximate surface area is 126 Å². The maximum Gasteiger partial charge on any atom is 0.175 e. The van der Waals surface area contributed by atoms with Crippen LogP contribution < -0.4 is 0 Å². The third kappa shape index (κ3) is 1.95. The molecule has 0 spiro atoms. The van der Waals surface area contributed by atoms with Crippen LogP contribution in [0.25, 0.3) is 0 Å². The summed E-state index contributed by atoms with van der Waals surface area (Å²) in [4.78, 5) is 16.4. The topological polar surface area (TPSA) is 17.1 Å². The Bertz CT molecular complexity index is 812. The summed E-state index contributed by atoms with van der Waals surface area (Å²) in [5.74, 6) is 0.120. The summed E-state index contributed by atoms with van der Waals surface area (Å²) in [6, 6.07) is 18.5. The minimum absolute atomic E-state index is 0.103. The van der Waals surface area contributed by atoms with Crippen LogP contribution in [0.15, 0.2) is 88.7 Å². The van der Waals surface area contributed by atoms with E-state index in [1.807, 2.05) is 42.5 Å². The first-order valence-electron chi connectivity index (χ1n) is 7.00. The van der Waals surface area contributed by atoms with Crippen LogP contribution in [0.1, 0.15) is 10.4 Å². The number of Topliss-reactive ketones (excluding diaryl/α,β-unsaturated/α-hetero) is 1. The van der Waals surface area contributed by atoms with Gasteiger partial charge in [-0.3, -0.25) is 4.79 Å². The van der Waals surface area contributed by atoms with Crippen molar-refractivity contribution in [3.8, 4) is 0 Å². The number of carbonyl (C=O) groups is 1. The number of ketones is 1. The zero-order chi connectivity index (χ0) is 14.2. The van der Waals surface area contributed by atoms with Crippen molar-refractivity contribution in [2.75, 3.05) is 0 Å². The molecule has 2 heteroatoms. The molecule has 0 saturated heterocycles. The Morgan fingerprint density at radius 1 is 0.857 bits per heavy atom. The molecule has 2 aliphatic rings. The summed E-state index contributed by atoms with van der Waals surface area (Å²) < 4.78 is 0. The summed E-state index contributed by atoms with van der Waals surface area (Å²) in [6.07, 6.45) is 8.16. The van der Waals surface area contributed by atoms with E-state index in [-0.39, 0.29) is 22.2 Å². The van der Waals surface area contributed by atoms with Gasteiger partial charge < -0.3 is 0 Å². The van der Waals surface area contributed by atoms with Gasteiger partial charge in [0, 0.05) is 15.4 Å². The SMILES string of the molecule is O=C1c2ccccc2S(c2ccccc2)=C2C=CC=CC12. The first-order valence-corrected chi connectivity index (χ1v) is 8.23. The maximum absolute atomic E-state index is 12.7. The molecule has 1 heterocycles. The molecule has 1 aliphatic heterocycles. The van der Waals surface area contributed by atoms with E-state index in [1.165, 1.54) is 9.76 Å². The van der Waals surface area contributed by atoms with Crippen LogP contribution in [-0.4, -0.2) is 10.6 Å². The lowest BCUT2D eigenvalue weighted by atomic mass is 9.91. The zero-order valence-electron chi connectivity index (χ0n) is 11.4. The van der Waals surface area contributed by atoms with Crippen LogP contribution in [0, 0.1) is 5.92 Å². The lowest BCUT2D eigenvalue weighted by Crippen LogP contribution is -2.27. The number of benzene rings is 2. The number of hydrogen-bond acceptors (Lipinski definition) is 1. The average molecular weight is 290 g/mol. The molecular formula is C19H14OS. The van der Waals surface area contributed by atoms with Crippen LogP contribution >= 0.6 is 10.5 Å². The van der Waals surface area contributed by atoms with Gasteiger partial charge in [-0.2, -0.15) is 0 Å². The fourth-order valence-electron chi connectivity index (χ4n) is 2.90. The van der Waals surface area contributed by atoms with E-state index in [1.54, 1.807) is 0 Å². The van der Waals surface area contributed by atoms with E-state index in [2.05, 4.69) is 36.4 Å². The Morgan fingerprint density at radius 2 is 1.62 bits per heavy atom. The molecule has 2 atom stereocenters. The van der Waals surface area contributed by atoms with Gasteiger partial charge in [-0.1, -0.05) is 60.7 Å². The number of hydrogen-bond donors (Lipinski definition) is 0. The van der Waals surface area contributed by atoms with Gasteiger partial charge in [0.1, 0.15) is 0 Å². The zero-order valence-corrected chi connectivity index (χ0v) is 12.2. The molecule has 2 aromatic carbocycles. The van der Waals surface area contributed by atoms with E-state index in [0.29, 0.717) is 0 Å². The molecule has 0 N–H and O–H groups in total. The molecule has 0 radical (unpaired) electrons. The van der Waals surface area contributed by atoms with Crippen LogP contribution in [0.3, 0.4) is 0 Å². The standard InChI is InChI=1S/C19H14OS/c20-19-15-10-4-6-12-17(15)21(14-8-2-1-3-9-14)18-13-7-5-11-16(18)19/h1-13,15H. The molecule has 0 fully saturated rings. The summed E-state index contributed by atoms with van der Waals surface area (Å²) in [7, 11) is -0.162. The molecule has 21 heavy (non-hydrogen) atoms. The Kier molecular flexibility index (Phi) is 2.97. The van der Waals surface area contributed by atoms with Crippen molar-refractivity contribution in [1.29, 1.82) is 0 Å². The van der Waals surface area contributed by atoms with Crippen molar-refractivity contribution in [3.05, 3.63) is 84.5 Å². The number of allylic oxidation sites excluding steroid dienone is 4. The number of rotatable bonds is 1. The Hall–Kier alpha value is -2.19. The van der Waals surface area contributed by atoms with Gasteiger partial charge in [-0.15, -0.1) is 10.5 Å². The van der Waals surface area contributed by atoms with Crippen molar-refractivity contribution in [2.24, 2.45) is 5.92 Å². The highest BCUT2D eigenvalue weighted by atomic mass is 32.2.